The van der Waals surface area contributed by atoms with E-state index in [-0.39, 0.29) is 24.7 Å². The van der Waals surface area contributed by atoms with E-state index in [2.05, 4.69) is 45.5 Å². The number of fused-ring (bicyclic) bond motifs is 3. The van der Waals surface area contributed by atoms with Crippen molar-refractivity contribution >= 4 is 23.5 Å². The summed E-state index contributed by atoms with van der Waals surface area (Å²) in [6.07, 6.45) is -2.11. The summed E-state index contributed by atoms with van der Waals surface area (Å²) in [5, 5.41) is 18.8. The van der Waals surface area contributed by atoms with Crippen LogP contribution in [0.25, 0.3) is 5.69 Å². The van der Waals surface area contributed by atoms with Gasteiger partial charge in [-0.25, -0.2) is 9.97 Å². The van der Waals surface area contributed by atoms with Gasteiger partial charge in [-0.15, -0.1) is 10.2 Å². The Kier molecular flexibility index (Phi) is 4.45. The lowest BCUT2D eigenvalue weighted by Crippen LogP contribution is -2.78. The molecule has 39 heavy (non-hydrogen) atoms. The van der Waals surface area contributed by atoms with Gasteiger partial charge in [0.1, 0.15) is 11.8 Å². The Morgan fingerprint density at radius 1 is 0.974 bits per heavy atom. The molecule has 9 nitrogen and oxygen atoms in total. The molecule has 5 fully saturated rings. The van der Waals surface area contributed by atoms with Crippen molar-refractivity contribution in [3.05, 3.63) is 52.6 Å². The minimum absolute atomic E-state index is 0.0930. The number of anilines is 2. The Bertz CT molecular complexity index is 1540. The SMILES string of the molecule is N#Cc1ccnc(N2CC3(C2)CN(c2nnc4n2-c2ccc(Cl)cc2CN(C25CC(C(F)(F)F)(C2)C5)C4)C3)n1. The fraction of sp³-hybridized carbons (Fsp3) is 0.500. The molecular formula is C26H23ClF3N9. The second-order valence-electron chi connectivity index (χ2n) is 12.0. The minimum atomic E-state index is -4.15. The van der Waals surface area contributed by atoms with Crippen LogP contribution in [0.15, 0.2) is 30.5 Å². The van der Waals surface area contributed by atoms with Crippen LogP contribution in [0, 0.1) is 22.2 Å². The van der Waals surface area contributed by atoms with Crippen LogP contribution in [0.4, 0.5) is 25.1 Å². The molecular weight excluding hydrogens is 531 g/mol. The minimum Gasteiger partial charge on any atom is -0.339 e. The molecule has 0 amide bonds. The maximum absolute atomic E-state index is 13.6. The van der Waals surface area contributed by atoms with E-state index in [0.717, 1.165) is 49.2 Å². The third-order valence-corrected chi connectivity index (χ3v) is 9.63. The van der Waals surface area contributed by atoms with Crippen molar-refractivity contribution in [1.82, 2.24) is 29.6 Å². The summed E-state index contributed by atoms with van der Waals surface area (Å²) in [5.41, 5.74) is 0.369. The normalized spacial score (nSPS) is 28.3. The Hall–Kier alpha value is -3.43. The standard InChI is InChI=1S/C26H23ClF3N9/c27-17-1-2-19-16(5-17)7-38(25-9-24(10-25,11-25)26(28,29)30)8-20-34-35-22(39(19)20)37-14-23(15-37)12-36(13-23)21-32-4-3-18(6-31)33-21/h1-5H,7-15H2. The molecule has 13 heteroatoms. The molecule has 6 aliphatic rings. The molecule has 0 unspecified atom stereocenters. The van der Waals surface area contributed by atoms with Crippen molar-refractivity contribution in [3.63, 3.8) is 0 Å². The number of hydrogen-bond acceptors (Lipinski definition) is 8. The van der Waals surface area contributed by atoms with Crippen LogP contribution >= 0.6 is 11.6 Å². The molecule has 5 heterocycles. The number of hydrogen-bond donors (Lipinski definition) is 0. The second-order valence-corrected chi connectivity index (χ2v) is 12.4. The number of aromatic nitrogens is 5. The quantitative estimate of drug-likeness (QED) is 0.485. The van der Waals surface area contributed by atoms with Crippen molar-refractivity contribution in [2.24, 2.45) is 10.8 Å². The Morgan fingerprint density at radius 3 is 2.44 bits per heavy atom. The summed E-state index contributed by atoms with van der Waals surface area (Å²) in [6, 6.07) is 9.34. The summed E-state index contributed by atoms with van der Waals surface area (Å²) in [6.45, 7) is 4.14. The van der Waals surface area contributed by atoms with E-state index in [1.54, 1.807) is 12.3 Å². The summed E-state index contributed by atoms with van der Waals surface area (Å²) in [5.74, 6) is 2.04. The van der Waals surface area contributed by atoms with Crippen LogP contribution in [0.1, 0.15) is 36.3 Å². The van der Waals surface area contributed by atoms with Gasteiger partial charge in [0.05, 0.1) is 17.6 Å². The van der Waals surface area contributed by atoms with E-state index in [0.29, 0.717) is 29.8 Å². The van der Waals surface area contributed by atoms with E-state index in [4.69, 9.17) is 16.9 Å². The third kappa shape index (κ3) is 3.17. The third-order valence-electron chi connectivity index (χ3n) is 9.39. The maximum atomic E-state index is 13.6. The molecule has 2 bridgehead atoms. The zero-order valence-corrected chi connectivity index (χ0v) is 21.5. The summed E-state index contributed by atoms with van der Waals surface area (Å²) < 4.78 is 42.8. The van der Waals surface area contributed by atoms with Gasteiger partial charge in [0, 0.05) is 54.9 Å². The average Bonchev–Trinajstić information content (AvgIpc) is 3.10. The maximum Gasteiger partial charge on any atom is 0.394 e. The van der Waals surface area contributed by atoms with Crippen molar-refractivity contribution in [1.29, 1.82) is 5.26 Å². The first-order valence-corrected chi connectivity index (χ1v) is 13.3. The Labute approximate surface area is 226 Å². The van der Waals surface area contributed by atoms with Crippen molar-refractivity contribution < 1.29 is 13.2 Å². The molecule has 2 saturated heterocycles. The van der Waals surface area contributed by atoms with Crippen LogP contribution in [-0.2, 0) is 13.1 Å². The summed E-state index contributed by atoms with van der Waals surface area (Å²) in [4.78, 5) is 15.0. The lowest BCUT2D eigenvalue weighted by atomic mass is 9.38. The molecule has 9 rings (SSSR count). The van der Waals surface area contributed by atoms with Crippen molar-refractivity contribution in [2.75, 3.05) is 36.0 Å². The van der Waals surface area contributed by atoms with E-state index in [1.165, 1.54) is 0 Å². The molecule has 3 aliphatic heterocycles. The van der Waals surface area contributed by atoms with Crippen LogP contribution < -0.4 is 9.80 Å². The number of halogens is 4. The largest absolute Gasteiger partial charge is 0.394 e. The highest BCUT2D eigenvalue weighted by atomic mass is 35.5. The van der Waals surface area contributed by atoms with Gasteiger partial charge in [-0.1, -0.05) is 11.6 Å². The molecule has 3 aliphatic carbocycles. The predicted octanol–water partition coefficient (Wildman–Crippen LogP) is 3.71. The monoisotopic (exact) mass is 553 g/mol. The predicted molar refractivity (Wildman–Crippen MR) is 134 cm³/mol. The van der Waals surface area contributed by atoms with Crippen molar-refractivity contribution in [2.45, 2.75) is 44.1 Å². The highest BCUT2D eigenvalue weighted by Gasteiger charge is 2.80. The van der Waals surface area contributed by atoms with Gasteiger partial charge in [0.2, 0.25) is 11.9 Å². The van der Waals surface area contributed by atoms with Crippen LogP contribution in [0.2, 0.25) is 5.02 Å². The Balaban J connectivity index is 1.04. The van der Waals surface area contributed by atoms with Crippen molar-refractivity contribution in [3.8, 4) is 11.8 Å². The molecule has 0 atom stereocenters. The van der Waals surface area contributed by atoms with Crippen LogP contribution in [0.5, 0.6) is 0 Å². The van der Waals surface area contributed by atoms with Gasteiger partial charge in [0.15, 0.2) is 5.82 Å². The van der Waals surface area contributed by atoms with E-state index in [1.807, 2.05) is 18.2 Å². The molecule has 3 saturated carbocycles. The van der Waals surface area contributed by atoms with Gasteiger partial charge >= 0.3 is 6.18 Å². The first-order chi connectivity index (χ1) is 18.6. The van der Waals surface area contributed by atoms with Crippen LogP contribution in [0.3, 0.4) is 0 Å². The molecule has 0 N–H and O–H groups in total. The number of nitrogens with zero attached hydrogens (tertiary/aromatic N) is 9. The molecule has 3 aromatic rings. The number of nitriles is 1. The second kappa shape index (κ2) is 7.40. The lowest BCUT2D eigenvalue weighted by molar-refractivity contribution is -0.364. The molecule has 2 aromatic heterocycles. The first kappa shape index (κ1) is 23.5. The fourth-order valence-corrected chi connectivity index (χ4v) is 7.67. The topological polar surface area (TPSA) is 90.0 Å². The average molecular weight is 554 g/mol. The highest BCUT2D eigenvalue weighted by molar-refractivity contribution is 6.30. The lowest BCUT2D eigenvalue weighted by Gasteiger charge is -2.73. The zero-order valence-electron chi connectivity index (χ0n) is 20.8. The molecule has 200 valence electrons. The van der Waals surface area contributed by atoms with E-state index >= 15 is 0 Å². The number of alkyl halides is 3. The van der Waals surface area contributed by atoms with Crippen LogP contribution in [-0.4, -0.2) is 67.5 Å². The number of rotatable bonds is 3. The molecule has 0 radical (unpaired) electrons. The highest BCUT2D eigenvalue weighted by Crippen LogP contribution is 2.75. The van der Waals surface area contributed by atoms with Gasteiger partial charge < -0.3 is 9.80 Å². The van der Waals surface area contributed by atoms with E-state index < -0.39 is 17.1 Å². The summed E-state index contributed by atoms with van der Waals surface area (Å²) in [7, 11) is 0. The van der Waals surface area contributed by atoms with Gasteiger partial charge in [-0.05, 0) is 49.1 Å². The van der Waals surface area contributed by atoms with Gasteiger partial charge in [-0.3, -0.25) is 9.47 Å². The first-order valence-electron chi connectivity index (χ1n) is 12.9. The van der Waals surface area contributed by atoms with Gasteiger partial charge in [-0.2, -0.15) is 18.4 Å². The fourth-order valence-electron chi connectivity index (χ4n) is 7.47. The molecule has 1 aromatic carbocycles. The smallest absolute Gasteiger partial charge is 0.339 e. The van der Waals surface area contributed by atoms with Gasteiger partial charge in [0.25, 0.3) is 0 Å². The van der Waals surface area contributed by atoms with E-state index in [9.17, 15) is 13.2 Å². The Morgan fingerprint density at radius 2 is 1.72 bits per heavy atom. The number of benzene rings is 1. The summed E-state index contributed by atoms with van der Waals surface area (Å²) >= 11 is 6.37. The zero-order chi connectivity index (χ0) is 26.8. The molecule has 1 spiro atoms.